The molecule has 0 atom stereocenters. The first-order valence-corrected chi connectivity index (χ1v) is 10.2. The molecule has 3 N–H and O–H groups in total. The number of ether oxygens (including phenoxy) is 1. The van der Waals surface area contributed by atoms with Gasteiger partial charge >= 0.3 is 0 Å². The molecule has 3 rings (SSSR count). The lowest BCUT2D eigenvalue weighted by atomic mass is 10.1. The van der Waals surface area contributed by atoms with Gasteiger partial charge in [-0.25, -0.2) is 0 Å². The minimum atomic E-state index is -0.0764. The van der Waals surface area contributed by atoms with Crippen molar-refractivity contribution >= 4 is 11.9 Å². The summed E-state index contributed by atoms with van der Waals surface area (Å²) in [7, 11) is 1.73. The van der Waals surface area contributed by atoms with E-state index in [0.29, 0.717) is 31.2 Å². The number of carbonyl (C=O) groups is 1. The van der Waals surface area contributed by atoms with E-state index in [1.807, 2.05) is 18.2 Å². The Kier molecular flexibility index (Phi) is 7.50. The molecule has 1 aliphatic carbocycles. The normalized spacial score (nSPS) is 13.7. The molecule has 0 heterocycles. The first-order valence-electron chi connectivity index (χ1n) is 10.2. The van der Waals surface area contributed by atoms with Crippen LogP contribution in [0.5, 0.6) is 5.75 Å². The second-order valence-electron chi connectivity index (χ2n) is 7.34. The monoisotopic (exact) mass is 394 g/mol. The van der Waals surface area contributed by atoms with Crippen LogP contribution in [0, 0.1) is 12.8 Å². The Morgan fingerprint density at radius 3 is 2.55 bits per heavy atom. The highest BCUT2D eigenvalue weighted by atomic mass is 16.5. The molecule has 1 saturated carbocycles. The van der Waals surface area contributed by atoms with E-state index in [4.69, 9.17) is 4.74 Å². The van der Waals surface area contributed by atoms with Gasteiger partial charge in [0.25, 0.3) is 5.91 Å². The molecule has 1 amide bonds. The van der Waals surface area contributed by atoms with Crippen molar-refractivity contribution in [2.75, 3.05) is 26.7 Å². The van der Waals surface area contributed by atoms with Crippen LogP contribution in [-0.4, -0.2) is 38.6 Å². The zero-order chi connectivity index (χ0) is 20.5. The van der Waals surface area contributed by atoms with Crippen molar-refractivity contribution in [3.63, 3.8) is 0 Å². The number of benzene rings is 2. The molecule has 0 radical (unpaired) electrons. The Bertz CT molecular complexity index is 832. The fourth-order valence-corrected chi connectivity index (χ4v) is 2.88. The summed E-state index contributed by atoms with van der Waals surface area (Å²) in [5.74, 6) is 2.27. The summed E-state index contributed by atoms with van der Waals surface area (Å²) in [6.07, 6.45) is 2.55. The van der Waals surface area contributed by atoms with Crippen molar-refractivity contribution in [2.24, 2.45) is 10.9 Å². The molecule has 2 aromatic rings. The van der Waals surface area contributed by atoms with Gasteiger partial charge in [-0.3, -0.25) is 9.79 Å². The summed E-state index contributed by atoms with van der Waals surface area (Å²) in [4.78, 5) is 16.3. The van der Waals surface area contributed by atoms with Crippen LogP contribution in [0.4, 0.5) is 0 Å². The van der Waals surface area contributed by atoms with E-state index in [9.17, 15) is 4.79 Å². The van der Waals surface area contributed by atoms with Gasteiger partial charge in [0.15, 0.2) is 5.96 Å². The summed E-state index contributed by atoms with van der Waals surface area (Å²) in [5, 5.41) is 9.43. The zero-order valence-corrected chi connectivity index (χ0v) is 17.2. The lowest BCUT2D eigenvalue weighted by Gasteiger charge is -2.15. The standard InChI is InChI=1S/C23H30N4O2/c1-17-8-11-20(21(14-17)29-16-18-9-10-18)15-27-23(24-2)26-13-12-25-22(28)19-6-4-3-5-7-19/h3-8,11,14,18H,9-10,12-13,15-16H2,1-2H3,(H,25,28)(H2,24,26,27). The number of rotatable bonds is 9. The predicted molar refractivity (Wildman–Crippen MR) is 116 cm³/mol. The van der Waals surface area contributed by atoms with Crippen molar-refractivity contribution in [1.29, 1.82) is 0 Å². The van der Waals surface area contributed by atoms with Gasteiger partial charge in [-0.05, 0) is 49.4 Å². The van der Waals surface area contributed by atoms with Gasteiger partial charge in [-0.1, -0.05) is 30.3 Å². The topological polar surface area (TPSA) is 74.8 Å². The molecular formula is C23H30N4O2. The highest BCUT2D eigenvalue weighted by Gasteiger charge is 2.22. The van der Waals surface area contributed by atoms with Crippen LogP contribution in [0.25, 0.3) is 0 Å². The average Bonchev–Trinajstić information content (AvgIpc) is 3.57. The largest absolute Gasteiger partial charge is 0.493 e. The van der Waals surface area contributed by atoms with Crippen LogP contribution >= 0.6 is 0 Å². The molecule has 6 nitrogen and oxygen atoms in total. The third kappa shape index (κ3) is 6.82. The van der Waals surface area contributed by atoms with Crippen LogP contribution in [0.3, 0.4) is 0 Å². The number of nitrogens with one attached hydrogen (secondary N) is 3. The van der Waals surface area contributed by atoms with E-state index in [2.05, 4.69) is 46.1 Å². The number of aliphatic imine (C=N–C) groups is 1. The van der Waals surface area contributed by atoms with Crippen LogP contribution in [0.2, 0.25) is 0 Å². The van der Waals surface area contributed by atoms with Crippen LogP contribution in [0.15, 0.2) is 53.5 Å². The van der Waals surface area contributed by atoms with Gasteiger partial charge < -0.3 is 20.7 Å². The molecule has 6 heteroatoms. The quantitative estimate of drug-likeness (QED) is 0.347. The molecule has 2 aromatic carbocycles. The van der Waals surface area contributed by atoms with Crippen molar-refractivity contribution < 1.29 is 9.53 Å². The molecule has 154 valence electrons. The first kappa shape index (κ1) is 20.7. The lowest BCUT2D eigenvalue weighted by Crippen LogP contribution is -2.41. The number of guanidine groups is 1. The van der Waals surface area contributed by atoms with Gasteiger partial charge in [0.05, 0.1) is 6.61 Å². The molecule has 0 aliphatic heterocycles. The van der Waals surface area contributed by atoms with Gasteiger partial charge in [0.1, 0.15) is 5.75 Å². The third-order valence-corrected chi connectivity index (χ3v) is 4.80. The summed E-state index contributed by atoms with van der Waals surface area (Å²) in [5.41, 5.74) is 2.96. The maximum atomic E-state index is 12.0. The number of carbonyl (C=O) groups excluding carboxylic acids is 1. The molecule has 29 heavy (non-hydrogen) atoms. The van der Waals surface area contributed by atoms with Crippen LogP contribution < -0.4 is 20.7 Å². The van der Waals surface area contributed by atoms with Gasteiger partial charge in [-0.2, -0.15) is 0 Å². The van der Waals surface area contributed by atoms with E-state index < -0.39 is 0 Å². The van der Waals surface area contributed by atoms with Crippen LogP contribution in [0.1, 0.15) is 34.3 Å². The van der Waals surface area contributed by atoms with E-state index in [-0.39, 0.29) is 5.91 Å². The maximum absolute atomic E-state index is 12.0. The average molecular weight is 395 g/mol. The number of hydrogen-bond donors (Lipinski definition) is 3. The molecular weight excluding hydrogens is 364 g/mol. The van der Waals surface area contributed by atoms with E-state index in [1.54, 1.807) is 19.2 Å². The fraction of sp³-hybridized carbons (Fsp3) is 0.391. The van der Waals surface area contributed by atoms with Crippen molar-refractivity contribution in [1.82, 2.24) is 16.0 Å². The molecule has 1 aliphatic rings. The van der Waals surface area contributed by atoms with Crippen molar-refractivity contribution in [2.45, 2.75) is 26.3 Å². The fourth-order valence-electron chi connectivity index (χ4n) is 2.88. The predicted octanol–water partition coefficient (Wildman–Crippen LogP) is 2.88. The Morgan fingerprint density at radius 2 is 1.83 bits per heavy atom. The summed E-state index contributed by atoms with van der Waals surface area (Å²) in [6, 6.07) is 15.5. The summed E-state index contributed by atoms with van der Waals surface area (Å²) >= 11 is 0. The first-order chi connectivity index (χ1) is 14.2. The smallest absolute Gasteiger partial charge is 0.251 e. The van der Waals surface area contributed by atoms with Crippen molar-refractivity contribution in [3.05, 3.63) is 65.2 Å². The van der Waals surface area contributed by atoms with E-state index in [1.165, 1.54) is 18.4 Å². The third-order valence-electron chi connectivity index (χ3n) is 4.80. The Labute approximate surface area is 172 Å². The summed E-state index contributed by atoms with van der Waals surface area (Å²) in [6.45, 7) is 4.58. The number of aryl methyl sites for hydroxylation is 1. The highest BCUT2D eigenvalue weighted by molar-refractivity contribution is 5.94. The van der Waals surface area contributed by atoms with E-state index >= 15 is 0 Å². The molecule has 1 fully saturated rings. The lowest BCUT2D eigenvalue weighted by molar-refractivity contribution is 0.0954. The Balaban J connectivity index is 1.42. The minimum absolute atomic E-state index is 0.0764. The zero-order valence-electron chi connectivity index (χ0n) is 17.2. The summed E-state index contributed by atoms with van der Waals surface area (Å²) < 4.78 is 6.03. The molecule has 0 aromatic heterocycles. The molecule has 0 unspecified atom stereocenters. The van der Waals surface area contributed by atoms with Crippen molar-refractivity contribution in [3.8, 4) is 5.75 Å². The highest BCUT2D eigenvalue weighted by Crippen LogP contribution is 2.30. The second-order valence-corrected chi connectivity index (χ2v) is 7.34. The molecule has 0 bridgehead atoms. The van der Waals surface area contributed by atoms with Crippen LogP contribution in [-0.2, 0) is 6.54 Å². The SMILES string of the molecule is CN=C(NCCNC(=O)c1ccccc1)NCc1ccc(C)cc1OCC1CC1. The van der Waals surface area contributed by atoms with E-state index in [0.717, 1.165) is 23.8 Å². The maximum Gasteiger partial charge on any atom is 0.251 e. The Hall–Kier alpha value is -3.02. The number of amides is 1. The molecule has 0 spiro atoms. The minimum Gasteiger partial charge on any atom is -0.493 e. The number of hydrogen-bond acceptors (Lipinski definition) is 3. The van der Waals surface area contributed by atoms with Gasteiger partial charge in [-0.15, -0.1) is 0 Å². The Morgan fingerprint density at radius 1 is 1.07 bits per heavy atom. The van der Waals surface area contributed by atoms with Gasteiger partial charge in [0, 0.05) is 37.8 Å². The molecule has 0 saturated heterocycles. The number of nitrogens with zero attached hydrogens (tertiary/aromatic N) is 1. The second kappa shape index (κ2) is 10.5. The van der Waals surface area contributed by atoms with Gasteiger partial charge in [0.2, 0.25) is 0 Å².